The van der Waals surface area contributed by atoms with E-state index in [2.05, 4.69) is 5.10 Å². The van der Waals surface area contributed by atoms with Gasteiger partial charge in [0.1, 0.15) is 17.2 Å². The molecule has 5 heteroatoms. The predicted octanol–water partition coefficient (Wildman–Crippen LogP) is 2.23. The molecule has 17 heavy (non-hydrogen) atoms. The van der Waals surface area contributed by atoms with Crippen molar-refractivity contribution in [3.63, 3.8) is 0 Å². The first-order chi connectivity index (χ1) is 8.21. The van der Waals surface area contributed by atoms with Crippen molar-refractivity contribution in [2.45, 2.75) is 0 Å². The fraction of sp³-hybridized carbons (Fsp3) is 0.250. The first kappa shape index (κ1) is 11.3. The predicted molar refractivity (Wildman–Crippen MR) is 62.8 cm³/mol. The molecule has 0 aliphatic heterocycles. The summed E-state index contributed by atoms with van der Waals surface area (Å²) >= 11 is 0. The number of ether oxygens (including phenoxy) is 3. The summed E-state index contributed by atoms with van der Waals surface area (Å²) in [4.78, 5) is 0. The van der Waals surface area contributed by atoms with Gasteiger partial charge < -0.3 is 14.2 Å². The van der Waals surface area contributed by atoms with Crippen LogP contribution in [0.4, 0.5) is 0 Å². The van der Waals surface area contributed by atoms with Crippen LogP contribution in [-0.4, -0.2) is 24.0 Å². The van der Waals surface area contributed by atoms with Crippen LogP contribution in [0.1, 0.15) is 0 Å². The number of nitrogens with zero attached hydrogens (tertiary/aromatic N) is 2. The molecule has 90 valence electrons. The van der Waals surface area contributed by atoms with E-state index in [9.17, 15) is 0 Å². The molecule has 1 aromatic heterocycles. The van der Waals surface area contributed by atoms with E-state index < -0.39 is 0 Å². The van der Waals surface area contributed by atoms with Crippen molar-refractivity contribution < 1.29 is 14.2 Å². The second-order valence-corrected chi connectivity index (χ2v) is 3.48. The van der Waals surface area contributed by atoms with Crippen molar-refractivity contribution in [3.8, 4) is 23.1 Å². The summed E-state index contributed by atoms with van der Waals surface area (Å²) in [5.74, 6) is 2.51. The Labute approximate surface area is 99.5 Å². The van der Waals surface area contributed by atoms with Crippen molar-refractivity contribution in [1.82, 2.24) is 9.78 Å². The molecular weight excluding hydrogens is 220 g/mol. The molecule has 0 saturated carbocycles. The molecular formula is C12H14N2O3. The van der Waals surface area contributed by atoms with Gasteiger partial charge in [-0.2, -0.15) is 0 Å². The fourth-order valence-corrected chi connectivity index (χ4v) is 1.41. The number of methoxy groups -OCH3 is 2. The molecule has 5 nitrogen and oxygen atoms in total. The van der Waals surface area contributed by atoms with E-state index in [1.54, 1.807) is 43.2 Å². The third kappa shape index (κ3) is 2.69. The van der Waals surface area contributed by atoms with Gasteiger partial charge in [0.2, 0.25) is 5.88 Å². The van der Waals surface area contributed by atoms with Gasteiger partial charge in [0.25, 0.3) is 0 Å². The second kappa shape index (κ2) is 4.78. The van der Waals surface area contributed by atoms with E-state index in [0.29, 0.717) is 23.1 Å². The van der Waals surface area contributed by atoms with Gasteiger partial charge in [0.15, 0.2) is 0 Å². The largest absolute Gasteiger partial charge is 0.496 e. The van der Waals surface area contributed by atoms with E-state index in [-0.39, 0.29) is 0 Å². The van der Waals surface area contributed by atoms with Crippen molar-refractivity contribution in [1.29, 1.82) is 0 Å². The van der Waals surface area contributed by atoms with Gasteiger partial charge >= 0.3 is 0 Å². The summed E-state index contributed by atoms with van der Waals surface area (Å²) in [6.45, 7) is 0. The lowest BCUT2D eigenvalue weighted by Crippen LogP contribution is -1.92. The van der Waals surface area contributed by atoms with E-state index in [4.69, 9.17) is 14.2 Å². The SMILES string of the molecule is COc1cc(OC)cc(Oc2ccn(C)n2)c1. The molecule has 0 aliphatic carbocycles. The second-order valence-electron chi connectivity index (χ2n) is 3.48. The average molecular weight is 234 g/mol. The van der Waals surface area contributed by atoms with E-state index in [1.165, 1.54) is 0 Å². The summed E-state index contributed by atoms with van der Waals surface area (Å²) in [6.07, 6.45) is 1.81. The quantitative estimate of drug-likeness (QED) is 0.813. The molecule has 0 spiro atoms. The number of hydrogen-bond acceptors (Lipinski definition) is 4. The minimum Gasteiger partial charge on any atom is -0.496 e. The van der Waals surface area contributed by atoms with Crippen LogP contribution < -0.4 is 14.2 Å². The molecule has 0 atom stereocenters. The summed E-state index contributed by atoms with van der Waals surface area (Å²) in [7, 11) is 5.03. The Morgan fingerprint density at radius 1 is 1.00 bits per heavy atom. The standard InChI is InChI=1S/C12H14N2O3/c1-14-5-4-12(13-14)17-11-7-9(15-2)6-10(8-11)16-3/h4-8H,1-3H3. The minimum absolute atomic E-state index is 0.530. The highest BCUT2D eigenvalue weighted by atomic mass is 16.5. The zero-order valence-electron chi connectivity index (χ0n) is 10.0. The molecule has 2 rings (SSSR count). The molecule has 0 fully saturated rings. The molecule has 0 N–H and O–H groups in total. The Morgan fingerprint density at radius 3 is 2.06 bits per heavy atom. The maximum atomic E-state index is 5.59. The highest BCUT2D eigenvalue weighted by Crippen LogP contribution is 2.29. The van der Waals surface area contributed by atoms with Gasteiger partial charge in [-0.3, -0.25) is 4.68 Å². The number of hydrogen-bond donors (Lipinski definition) is 0. The summed E-state index contributed by atoms with van der Waals surface area (Å²) in [6, 6.07) is 7.12. The Morgan fingerprint density at radius 2 is 1.59 bits per heavy atom. The summed E-state index contributed by atoms with van der Waals surface area (Å²) in [5.41, 5.74) is 0. The van der Waals surface area contributed by atoms with Gasteiger partial charge in [-0.15, -0.1) is 5.10 Å². The van der Waals surface area contributed by atoms with E-state index >= 15 is 0 Å². The molecule has 2 aromatic rings. The van der Waals surface area contributed by atoms with Crippen molar-refractivity contribution in [3.05, 3.63) is 30.5 Å². The van der Waals surface area contributed by atoms with Crippen LogP contribution in [0.5, 0.6) is 23.1 Å². The van der Waals surface area contributed by atoms with Gasteiger partial charge in [0.05, 0.1) is 14.2 Å². The van der Waals surface area contributed by atoms with Crippen molar-refractivity contribution in [2.24, 2.45) is 7.05 Å². The lowest BCUT2D eigenvalue weighted by molar-refractivity contribution is 0.384. The third-order valence-corrected chi connectivity index (χ3v) is 2.24. The highest BCUT2D eigenvalue weighted by Gasteiger charge is 2.05. The van der Waals surface area contributed by atoms with Crippen LogP contribution in [-0.2, 0) is 7.05 Å². The monoisotopic (exact) mass is 234 g/mol. The van der Waals surface area contributed by atoms with Crippen molar-refractivity contribution >= 4 is 0 Å². The van der Waals surface area contributed by atoms with Gasteiger partial charge in [-0.05, 0) is 0 Å². The molecule has 0 radical (unpaired) electrons. The van der Waals surface area contributed by atoms with Crippen LogP contribution in [0.15, 0.2) is 30.5 Å². The maximum Gasteiger partial charge on any atom is 0.238 e. The Hall–Kier alpha value is -2.17. The van der Waals surface area contributed by atoms with E-state index in [0.717, 1.165) is 0 Å². The van der Waals surface area contributed by atoms with Crippen LogP contribution in [0, 0.1) is 0 Å². The van der Waals surface area contributed by atoms with Crippen molar-refractivity contribution in [2.75, 3.05) is 14.2 Å². The zero-order valence-corrected chi connectivity index (χ0v) is 10.0. The normalized spacial score (nSPS) is 10.1. The highest BCUT2D eigenvalue weighted by molar-refractivity contribution is 5.43. The van der Waals surface area contributed by atoms with E-state index in [1.807, 2.05) is 13.2 Å². The van der Waals surface area contributed by atoms with Crippen LogP contribution in [0.2, 0.25) is 0 Å². The van der Waals surface area contributed by atoms with Gasteiger partial charge in [-0.1, -0.05) is 0 Å². The topological polar surface area (TPSA) is 45.5 Å². The van der Waals surface area contributed by atoms with Crippen LogP contribution in [0.25, 0.3) is 0 Å². The molecule has 1 heterocycles. The summed E-state index contributed by atoms with van der Waals surface area (Å²) in [5, 5.41) is 4.13. The number of aryl methyl sites for hydroxylation is 1. The fourth-order valence-electron chi connectivity index (χ4n) is 1.41. The maximum absolute atomic E-state index is 5.59. The lowest BCUT2D eigenvalue weighted by atomic mass is 10.3. The lowest BCUT2D eigenvalue weighted by Gasteiger charge is -2.08. The first-order valence-corrected chi connectivity index (χ1v) is 5.12. The van der Waals surface area contributed by atoms with Crippen LogP contribution in [0.3, 0.4) is 0 Å². The third-order valence-electron chi connectivity index (χ3n) is 2.24. The smallest absolute Gasteiger partial charge is 0.238 e. The number of aromatic nitrogens is 2. The molecule has 0 amide bonds. The molecule has 0 saturated heterocycles. The first-order valence-electron chi connectivity index (χ1n) is 5.12. The number of rotatable bonds is 4. The zero-order chi connectivity index (χ0) is 12.3. The molecule has 0 bridgehead atoms. The van der Waals surface area contributed by atoms with Gasteiger partial charge in [0, 0.05) is 37.5 Å². The Kier molecular flexibility index (Phi) is 3.18. The average Bonchev–Trinajstić information content (AvgIpc) is 2.74. The molecule has 0 unspecified atom stereocenters. The Bertz CT molecular complexity index is 486. The molecule has 1 aromatic carbocycles. The number of benzene rings is 1. The molecule has 0 aliphatic rings. The van der Waals surface area contributed by atoms with Gasteiger partial charge in [-0.25, -0.2) is 0 Å². The summed E-state index contributed by atoms with van der Waals surface area (Å²) < 4.78 is 17.6. The minimum atomic E-state index is 0.530. The Balaban J connectivity index is 2.25. The van der Waals surface area contributed by atoms with Crippen LogP contribution >= 0.6 is 0 Å².